The first kappa shape index (κ1) is 24.2. The number of furan rings is 1. The van der Waals surface area contributed by atoms with Gasteiger partial charge in [-0.2, -0.15) is 0 Å². The second kappa shape index (κ2) is 9.58. The molecule has 43 heavy (non-hydrogen) atoms. The average molecular weight is 549 g/mol. The molecule has 0 radical (unpaired) electrons. The Morgan fingerprint density at radius 1 is 0.442 bits per heavy atom. The third-order valence-electron chi connectivity index (χ3n) is 9.10. The van der Waals surface area contributed by atoms with Crippen LogP contribution in [0.1, 0.15) is 18.4 Å². The minimum Gasteiger partial charge on any atom is -0.456 e. The van der Waals surface area contributed by atoms with E-state index in [0.29, 0.717) is 0 Å². The van der Waals surface area contributed by atoms with E-state index in [-0.39, 0.29) is 0 Å². The zero-order valence-electron chi connectivity index (χ0n) is 23.7. The van der Waals surface area contributed by atoms with Crippen molar-refractivity contribution in [1.82, 2.24) is 0 Å². The lowest BCUT2D eigenvalue weighted by atomic mass is 9.83. The lowest BCUT2D eigenvalue weighted by molar-refractivity contribution is 0.569. The highest BCUT2D eigenvalue weighted by Gasteiger charge is 2.21. The molecule has 1 heterocycles. The molecule has 9 rings (SSSR count). The smallest absolute Gasteiger partial charge is 0.138 e. The van der Waals surface area contributed by atoms with E-state index in [2.05, 4.69) is 146 Å². The van der Waals surface area contributed by atoms with E-state index < -0.39 is 0 Å². The number of fused-ring (bicyclic) bond motifs is 6. The van der Waals surface area contributed by atoms with Gasteiger partial charge in [0.15, 0.2) is 0 Å². The fourth-order valence-electron chi connectivity index (χ4n) is 7.19. The van der Waals surface area contributed by atoms with Gasteiger partial charge in [-0.15, -0.1) is 0 Å². The molecule has 0 saturated heterocycles. The van der Waals surface area contributed by atoms with E-state index in [9.17, 15) is 0 Å². The third-order valence-corrected chi connectivity index (χ3v) is 9.10. The normalized spacial score (nSPS) is 13.1. The van der Waals surface area contributed by atoms with Crippen molar-refractivity contribution in [3.05, 3.63) is 156 Å². The molecule has 1 heteroatoms. The lowest BCUT2D eigenvalue weighted by Crippen LogP contribution is -2.26. The molecule has 0 N–H and O–H groups in total. The van der Waals surface area contributed by atoms with Crippen molar-refractivity contribution >= 4 is 54.9 Å². The molecule has 0 fully saturated rings. The monoisotopic (exact) mass is 548 g/mol. The van der Waals surface area contributed by atoms with Gasteiger partial charge in [-0.05, 0) is 91.2 Å². The summed E-state index contributed by atoms with van der Waals surface area (Å²) in [6.45, 7) is 0. The van der Waals surface area contributed by atoms with Crippen LogP contribution >= 0.6 is 0 Å². The fourth-order valence-corrected chi connectivity index (χ4v) is 7.19. The molecule has 1 aromatic heterocycles. The van der Waals surface area contributed by atoms with Gasteiger partial charge in [-0.3, -0.25) is 0 Å². The number of hydrogen-bond donors (Lipinski definition) is 0. The largest absolute Gasteiger partial charge is 0.456 e. The molecule has 202 valence electrons. The van der Waals surface area contributed by atoms with Crippen molar-refractivity contribution in [2.45, 2.75) is 12.8 Å². The van der Waals surface area contributed by atoms with Crippen LogP contribution in [-0.4, -0.2) is 0 Å². The van der Waals surface area contributed by atoms with Gasteiger partial charge < -0.3 is 4.42 Å². The molecule has 1 aliphatic rings. The van der Waals surface area contributed by atoms with Crippen molar-refractivity contribution < 1.29 is 4.42 Å². The van der Waals surface area contributed by atoms with Crippen LogP contribution in [0.25, 0.3) is 77.2 Å². The minimum absolute atomic E-state index is 0.948. The second-order valence-electron chi connectivity index (χ2n) is 11.5. The topological polar surface area (TPSA) is 13.1 Å². The Bertz CT molecular complexity index is 2440. The van der Waals surface area contributed by atoms with E-state index in [1.54, 1.807) is 0 Å². The first-order valence-corrected chi connectivity index (χ1v) is 15.1. The van der Waals surface area contributed by atoms with Gasteiger partial charge in [0, 0.05) is 16.2 Å². The summed E-state index contributed by atoms with van der Waals surface area (Å²) in [5.41, 5.74) is 9.56. The standard InChI is InChI=1S/C42H28O/c1-2-12-27(13-3-1)28-16-10-17-31(24-28)40-32-18-6-8-20-34(32)41(35-21-9-7-19-33(35)40)37-23-11-22-36-38-25-29-14-4-5-15-30(29)26-39(38)43-42(36)37/h1-10,12-22,24-26H,11,23H2. The van der Waals surface area contributed by atoms with Gasteiger partial charge in [-0.25, -0.2) is 0 Å². The molecule has 1 aliphatic carbocycles. The minimum atomic E-state index is 0.948. The van der Waals surface area contributed by atoms with E-state index in [1.807, 2.05) is 0 Å². The summed E-state index contributed by atoms with van der Waals surface area (Å²) in [5.74, 6) is 0. The summed E-state index contributed by atoms with van der Waals surface area (Å²) < 4.78 is 6.77. The second-order valence-corrected chi connectivity index (χ2v) is 11.5. The van der Waals surface area contributed by atoms with Crippen LogP contribution in [0, 0.1) is 0 Å². The Labute approximate surface area is 249 Å². The molecule has 0 spiro atoms. The Hall–Kier alpha value is -5.40. The predicted octanol–water partition coefficient (Wildman–Crippen LogP) is 10.00. The maximum Gasteiger partial charge on any atom is 0.138 e. The SMILES string of the molecule is C1=c2c(oc3cc4ccccc4cc23)=C(c2c3ccccc3c(-c3cccc(-c4ccccc4)c3)c3ccccc23)CC1. The summed E-state index contributed by atoms with van der Waals surface area (Å²) in [5, 5.41) is 9.98. The first-order chi connectivity index (χ1) is 21.3. The Kier molecular flexibility index (Phi) is 5.39. The van der Waals surface area contributed by atoms with Gasteiger partial charge in [0.2, 0.25) is 0 Å². The Morgan fingerprint density at radius 2 is 1.02 bits per heavy atom. The zero-order valence-corrected chi connectivity index (χ0v) is 23.7. The van der Waals surface area contributed by atoms with Crippen molar-refractivity contribution in [2.24, 2.45) is 0 Å². The molecular formula is C42H28O. The number of benzene rings is 7. The van der Waals surface area contributed by atoms with Crippen LogP contribution in [0.3, 0.4) is 0 Å². The van der Waals surface area contributed by atoms with E-state index >= 15 is 0 Å². The van der Waals surface area contributed by atoms with Crippen molar-refractivity contribution in [3.63, 3.8) is 0 Å². The summed E-state index contributed by atoms with van der Waals surface area (Å²) >= 11 is 0. The van der Waals surface area contributed by atoms with Gasteiger partial charge in [-0.1, -0.05) is 127 Å². The Morgan fingerprint density at radius 3 is 1.74 bits per heavy atom. The summed E-state index contributed by atoms with van der Waals surface area (Å²) in [6.07, 6.45) is 4.31. The molecular weight excluding hydrogens is 520 g/mol. The van der Waals surface area contributed by atoms with Crippen LogP contribution in [0.4, 0.5) is 0 Å². The summed E-state index contributed by atoms with van der Waals surface area (Å²) in [4.78, 5) is 0. The highest BCUT2D eigenvalue weighted by molar-refractivity contribution is 6.19. The highest BCUT2D eigenvalue weighted by Crippen LogP contribution is 2.43. The molecule has 0 aliphatic heterocycles. The maximum absolute atomic E-state index is 6.77. The molecule has 0 bridgehead atoms. The van der Waals surface area contributed by atoms with Crippen LogP contribution in [0.5, 0.6) is 0 Å². The van der Waals surface area contributed by atoms with E-state index in [0.717, 1.165) is 23.8 Å². The zero-order chi connectivity index (χ0) is 28.3. The van der Waals surface area contributed by atoms with E-state index in [4.69, 9.17) is 4.42 Å². The van der Waals surface area contributed by atoms with Crippen LogP contribution in [0.2, 0.25) is 0 Å². The maximum atomic E-state index is 6.77. The summed E-state index contributed by atoms with van der Waals surface area (Å²) in [7, 11) is 0. The quantitative estimate of drug-likeness (QED) is 0.200. The summed E-state index contributed by atoms with van der Waals surface area (Å²) in [6, 6.07) is 50.5. The van der Waals surface area contributed by atoms with Crippen molar-refractivity contribution in [3.8, 4) is 22.3 Å². The highest BCUT2D eigenvalue weighted by atomic mass is 16.3. The molecule has 0 unspecified atom stereocenters. The third kappa shape index (κ3) is 3.78. The number of hydrogen-bond acceptors (Lipinski definition) is 1. The molecule has 0 amide bonds. The van der Waals surface area contributed by atoms with Gasteiger partial charge in [0.05, 0.1) is 0 Å². The van der Waals surface area contributed by atoms with Gasteiger partial charge >= 0.3 is 0 Å². The lowest BCUT2D eigenvalue weighted by Gasteiger charge is -2.20. The molecule has 0 atom stereocenters. The fraction of sp³-hybridized carbons (Fsp3) is 0.0476. The van der Waals surface area contributed by atoms with Crippen molar-refractivity contribution in [1.29, 1.82) is 0 Å². The molecule has 0 saturated carbocycles. The van der Waals surface area contributed by atoms with Crippen LogP contribution in [-0.2, 0) is 0 Å². The average Bonchev–Trinajstić information content (AvgIpc) is 3.44. The van der Waals surface area contributed by atoms with Crippen LogP contribution < -0.4 is 10.6 Å². The number of rotatable bonds is 3. The molecule has 8 aromatic rings. The van der Waals surface area contributed by atoms with Crippen LogP contribution in [0.15, 0.2) is 144 Å². The predicted molar refractivity (Wildman–Crippen MR) is 182 cm³/mol. The molecule has 7 aromatic carbocycles. The first-order valence-electron chi connectivity index (χ1n) is 15.1. The van der Waals surface area contributed by atoms with Crippen molar-refractivity contribution in [2.75, 3.05) is 0 Å². The van der Waals surface area contributed by atoms with Gasteiger partial charge in [0.25, 0.3) is 0 Å². The molecule has 1 nitrogen and oxygen atoms in total. The van der Waals surface area contributed by atoms with Gasteiger partial charge in [0.1, 0.15) is 11.0 Å². The van der Waals surface area contributed by atoms with E-state index in [1.165, 1.54) is 76.3 Å². The Balaban J connectivity index is 1.38.